The van der Waals surface area contributed by atoms with Crippen molar-refractivity contribution in [3.05, 3.63) is 0 Å². The number of rotatable bonds is 2. The highest BCUT2D eigenvalue weighted by molar-refractivity contribution is 4.92. The topological polar surface area (TPSA) is 88.4 Å². The average Bonchev–Trinajstić information content (AvgIpc) is 2.32. The molecule has 0 amide bonds. The van der Waals surface area contributed by atoms with Crippen LogP contribution in [0.2, 0.25) is 0 Å². The molecule has 2 rings (SSSR count). The Labute approximate surface area is 119 Å². The van der Waals surface area contributed by atoms with Crippen LogP contribution in [0.1, 0.15) is 40.5 Å². The van der Waals surface area contributed by atoms with Crippen LogP contribution in [0.15, 0.2) is 0 Å². The molecule has 118 valence electrons. The SMILES string of the molecule is CC1O[C@@H](O[C@@H]2C[C@H](C)OC(C)[C@@H]2O)C[C@](C)(O)[C@@H]1O. The van der Waals surface area contributed by atoms with Gasteiger partial charge in [-0.05, 0) is 27.7 Å². The molecule has 0 saturated carbocycles. The van der Waals surface area contributed by atoms with Gasteiger partial charge in [0.1, 0.15) is 12.2 Å². The minimum Gasteiger partial charge on any atom is -0.388 e. The Balaban J connectivity index is 1.99. The third-order valence-corrected chi connectivity index (χ3v) is 4.23. The van der Waals surface area contributed by atoms with Gasteiger partial charge in [-0.2, -0.15) is 0 Å². The summed E-state index contributed by atoms with van der Waals surface area (Å²) in [6.45, 7) is 7.00. The lowest BCUT2D eigenvalue weighted by molar-refractivity contribution is -0.302. The van der Waals surface area contributed by atoms with Gasteiger partial charge in [-0.25, -0.2) is 0 Å². The van der Waals surface area contributed by atoms with E-state index in [1.807, 2.05) is 6.92 Å². The molecule has 6 heteroatoms. The van der Waals surface area contributed by atoms with Gasteiger partial charge in [-0.1, -0.05) is 0 Å². The highest BCUT2D eigenvalue weighted by Crippen LogP contribution is 2.32. The highest BCUT2D eigenvalue weighted by Gasteiger charge is 2.45. The first-order valence-corrected chi connectivity index (χ1v) is 7.25. The van der Waals surface area contributed by atoms with Gasteiger partial charge in [0.15, 0.2) is 6.29 Å². The Morgan fingerprint density at radius 3 is 2.35 bits per heavy atom. The number of hydrogen-bond donors (Lipinski definition) is 3. The minimum atomic E-state index is -1.25. The summed E-state index contributed by atoms with van der Waals surface area (Å²) in [5, 5.41) is 30.2. The van der Waals surface area contributed by atoms with Crippen molar-refractivity contribution in [2.24, 2.45) is 0 Å². The van der Waals surface area contributed by atoms with Crippen LogP contribution >= 0.6 is 0 Å². The molecule has 8 atom stereocenters. The molecule has 0 bridgehead atoms. The van der Waals surface area contributed by atoms with Gasteiger partial charge in [0, 0.05) is 12.8 Å². The standard InChI is InChI=1S/C14H26O6/c1-7-5-10(12(15)8(2)18-7)20-11-6-14(4,17)13(16)9(3)19-11/h7-13,15-17H,5-6H2,1-4H3/t7-,8?,9?,10+,11-,12-,13+,14-/m0/s1. The van der Waals surface area contributed by atoms with Crippen molar-refractivity contribution in [1.82, 2.24) is 0 Å². The molecule has 2 saturated heterocycles. The predicted octanol–water partition coefficient (Wildman–Crippen LogP) is 0.177. The van der Waals surface area contributed by atoms with E-state index in [9.17, 15) is 15.3 Å². The summed E-state index contributed by atoms with van der Waals surface area (Å²) in [6.07, 6.45) is -2.76. The summed E-state index contributed by atoms with van der Waals surface area (Å²) in [5.74, 6) is 0. The largest absolute Gasteiger partial charge is 0.388 e. The van der Waals surface area contributed by atoms with Crippen molar-refractivity contribution in [2.45, 2.75) is 89.1 Å². The Morgan fingerprint density at radius 1 is 1.10 bits per heavy atom. The van der Waals surface area contributed by atoms with Crippen LogP contribution in [0.3, 0.4) is 0 Å². The molecule has 3 N–H and O–H groups in total. The normalized spacial score (nSPS) is 53.9. The van der Waals surface area contributed by atoms with E-state index in [1.54, 1.807) is 20.8 Å². The van der Waals surface area contributed by atoms with E-state index < -0.39 is 36.3 Å². The molecular weight excluding hydrogens is 264 g/mol. The molecule has 0 aromatic heterocycles. The van der Waals surface area contributed by atoms with Crippen molar-refractivity contribution in [3.63, 3.8) is 0 Å². The fraction of sp³-hybridized carbons (Fsp3) is 1.00. The maximum absolute atomic E-state index is 10.2. The third kappa shape index (κ3) is 3.32. The Kier molecular flexibility index (Phi) is 4.73. The zero-order valence-electron chi connectivity index (χ0n) is 12.5. The summed E-state index contributed by atoms with van der Waals surface area (Å²) in [7, 11) is 0. The summed E-state index contributed by atoms with van der Waals surface area (Å²) in [5.41, 5.74) is -1.25. The van der Waals surface area contributed by atoms with Crippen LogP contribution in [0, 0.1) is 0 Å². The molecule has 6 nitrogen and oxygen atoms in total. The maximum atomic E-state index is 10.2. The molecule has 0 radical (unpaired) electrons. The summed E-state index contributed by atoms with van der Waals surface area (Å²) >= 11 is 0. The zero-order chi connectivity index (χ0) is 15.1. The van der Waals surface area contributed by atoms with Crippen LogP contribution in [-0.4, -0.2) is 63.8 Å². The van der Waals surface area contributed by atoms with Crippen molar-refractivity contribution < 1.29 is 29.5 Å². The lowest BCUT2D eigenvalue weighted by atomic mass is 9.89. The van der Waals surface area contributed by atoms with Crippen molar-refractivity contribution >= 4 is 0 Å². The summed E-state index contributed by atoms with van der Waals surface area (Å²) in [6, 6.07) is 0. The highest BCUT2D eigenvalue weighted by atomic mass is 16.7. The summed E-state index contributed by atoms with van der Waals surface area (Å²) in [4.78, 5) is 0. The molecule has 0 aliphatic carbocycles. The molecule has 2 heterocycles. The fourth-order valence-corrected chi connectivity index (χ4v) is 3.01. The second-order valence-corrected chi connectivity index (χ2v) is 6.33. The van der Waals surface area contributed by atoms with Gasteiger partial charge in [0.05, 0.1) is 30.0 Å². The molecular formula is C14H26O6. The van der Waals surface area contributed by atoms with E-state index in [1.165, 1.54) is 0 Å². The molecule has 2 aliphatic heterocycles. The second-order valence-electron chi connectivity index (χ2n) is 6.33. The van der Waals surface area contributed by atoms with Gasteiger partial charge in [-0.3, -0.25) is 0 Å². The van der Waals surface area contributed by atoms with Gasteiger partial charge >= 0.3 is 0 Å². The number of aliphatic hydroxyl groups excluding tert-OH is 2. The van der Waals surface area contributed by atoms with Crippen molar-refractivity contribution in [2.75, 3.05) is 0 Å². The van der Waals surface area contributed by atoms with Gasteiger partial charge in [0.2, 0.25) is 0 Å². The van der Waals surface area contributed by atoms with Crippen LogP contribution in [0.25, 0.3) is 0 Å². The Bertz CT molecular complexity index is 334. The lowest BCUT2D eigenvalue weighted by Crippen LogP contribution is -2.57. The maximum Gasteiger partial charge on any atom is 0.161 e. The van der Waals surface area contributed by atoms with Crippen molar-refractivity contribution in [3.8, 4) is 0 Å². The zero-order valence-corrected chi connectivity index (χ0v) is 12.5. The van der Waals surface area contributed by atoms with Crippen LogP contribution in [0.4, 0.5) is 0 Å². The molecule has 2 aliphatic rings. The molecule has 0 aromatic carbocycles. The Morgan fingerprint density at radius 2 is 1.75 bits per heavy atom. The third-order valence-electron chi connectivity index (χ3n) is 4.23. The van der Waals surface area contributed by atoms with E-state index >= 15 is 0 Å². The van der Waals surface area contributed by atoms with Gasteiger partial charge in [0.25, 0.3) is 0 Å². The minimum absolute atomic E-state index is 0.00511. The average molecular weight is 290 g/mol. The fourth-order valence-electron chi connectivity index (χ4n) is 3.01. The van der Waals surface area contributed by atoms with Crippen LogP contribution < -0.4 is 0 Å². The van der Waals surface area contributed by atoms with Crippen LogP contribution in [-0.2, 0) is 14.2 Å². The van der Waals surface area contributed by atoms with Gasteiger partial charge < -0.3 is 29.5 Å². The summed E-state index contributed by atoms with van der Waals surface area (Å²) < 4.78 is 16.9. The first kappa shape index (κ1) is 16.1. The van der Waals surface area contributed by atoms with Gasteiger partial charge in [-0.15, -0.1) is 0 Å². The Hall–Kier alpha value is -0.240. The molecule has 0 aromatic rings. The van der Waals surface area contributed by atoms with E-state index in [0.29, 0.717) is 6.42 Å². The van der Waals surface area contributed by atoms with E-state index in [2.05, 4.69) is 0 Å². The quantitative estimate of drug-likeness (QED) is 0.672. The lowest BCUT2D eigenvalue weighted by Gasteiger charge is -2.44. The van der Waals surface area contributed by atoms with E-state index in [0.717, 1.165) is 0 Å². The number of hydrogen-bond acceptors (Lipinski definition) is 6. The first-order valence-electron chi connectivity index (χ1n) is 7.25. The van der Waals surface area contributed by atoms with E-state index in [4.69, 9.17) is 14.2 Å². The van der Waals surface area contributed by atoms with Crippen molar-refractivity contribution in [1.29, 1.82) is 0 Å². The molecule has 2 unspecified atom stereocenters. The predicted molar refractivity (Wildman–Crippen MR) is 71.1 cm³/mol. The van der Waals surface area contributed by atoms with Crippen LogP contribution in [0.5, 0.6) is 0 Å². The smallest absolute Gasteiger partial charge is 0.161 e. The number of aliphatic hydroxyl groups is 3. The monoisotopic (exact) mass is 290 g/mol. The number of ether oxygens (including phenoxy) is 3. The molecule has 0 spiro atoms. The second kappa shape index (κ2) is 5.87. The molecule has 20 heavy (non-hydrogen) atoms. The molecule has 2 fully saturated rings. The first-order chi connectivity index (χ1) is 9.20. The van der Waals surface area contributed by atoms with E-state index in [-0.39, 0.29) is 18.6 Å².